The fourth-order valence-corrected chi connectivity index (χ4v) is 2.88. The normalized spacial score (nSPS) is 15.4. The number of methoxy groups -OCH3 is 2. The average Bonchev–Trinajstić information content (AvgIpc) is 2.81. The number of nitrogens with zero attached hydrogens (tertiary/aromatic N) is 1. The van der Waals surface area contributed by atoms with Gasteiger partial charge in [-0.15, -0.1) is 0 Å². The van der Waals surface area contributed by atoms with E-state index in [9.17, 15) is 4.79 Å². The van der Waals surface area contributed by atoms with Gasteiger partial charge >= 0.3 is 0 Å². The molecule has 4 nitrogen and oxygen atoms in total. The second-order valence-electron chi connectivity index (χ2n) is 5.44. The molecule has 4 heteroatoms. The molecule has 1 aromatic carbocycles. The van der Waals surface area contributed by atoms with Crippen molar-refractivity contribution in [1.29, 1.82) is 0 Å². The summed E-state index contributed by atoms with van der Waals surface area (Å²) in [6, 6.07) is 5.72. The molecule has 1 fully saturated rings. The van der Waals surface area contributed by atoms with E-state index in [4.69, 9.17) is 9.47 Å². The summed E-state index contributed by atoms with van der Waals surface area (Å²) in [6.45, 7) is 1.81. The Morgan fingerprint density at radius 3 is 2.14 bits per heavy atom. The van der Waals surface area contributed by atoms with Crippen LogP contribution in [0.1, 0.15) is 37.7 Å². The van der Waals surface area contributed by atoms with E-state index in [2.05, 4.69) is 0 Å². The zero-order chi connectivity index (χ0) is 15.1. The van der Waals surface area contributed by atoms with Crippen molar-refractivity contribution in [2.24, 2.45) is 0 Å². The lowest BCUT2D eigenvalue weighted by molar-refractivity contribution is -0.131. The van der Waals surface area contributed by atoms with Crippen LogP contribution >= 0.6 is 0 Å². The number of rotatable bonds is 5. The molecule has 1 amide bonds. The molecule has 1 aliphatic rings. The van der Waals surface area contributed by atoms with Crippen molar-refractivity contribution in [2.75, 3.05) is 27.3 Å². The molecule has 116 valence electrons. The van der Waals surface area contributed by atoms with Crippen LogP contribution in [0, 0.1) is 0 Å². The Morgan fingerprint density at radius 2 is 1.62 bits per heavy atom. The zero-order valence-corrected chi connectivity index (χ0v) is 13.1. The zero-order valence-electron chi connectivity index (χ0n) is 13.1. The second-order valence-corrected chi connectivity index (χ2v) is 5.44. The molecule has 1 heterocycles. The summed E-state index contributed by atoms with van der Waals surface area (Å²) in [5, 5.41) is 0. The predicted octanol–water partition coefficient (Wildman–Crippen LogP) is 3.04. The first-order valence-corrected chi connectivity index (χ1v) is 7.74. The maximum absolute atomic E-state index is 12.4. The number of ether oxygens (including phenoxy) is 2. The molecule has 0 spiro atoms. The van der Waals surface area contributed by atoms with Crippen LogP contribution in [-0.4, -0.2) is 38.1 Å². The van der Waals surface area contributed by atoms with Gasteiger partial charge in [0.1, 0.15) is 11.5 Å². The van der Waals surface area contributed by atoms with Crippen molar-refractivity contribution in [3.05, 3.63) is 23.8 Å². The lowest BCUT2D eigenvalue weighted by atomic mass is 10.1. The Morgan fingerprint density at radius 1 is 1.05 bits per heavy atom. The minimum atomic E-state index is 0.241. The lowest BCUT2D eigenvalue weighted by Crippen LogP contribution is -2.32. The number of hydrogen-bond acceptors (Lipinski definition) is 3. The smallest absolute Gasteiger partial charge is 0.222 e. The van der Waals surface area contributed by atoms with Crippen LogP contribution in [0.4, 0.5) is 0 Å². The van der Waals surface area contributed by atoms with Crippen LogP contribution in [0.3, 0.4) is 0 Å². The number of carbonyl (C=O) groups is 1. The van der Waals surface area contributed by atoms with Gasteiger partial charge in [-0.25, -0.2) is 0 Å². The SMILES string of the molecule is COc1cccc(OC)c1CCC(=O)N1CCCCCC1. The monoisotopic (exact) mass is 291 g/mol. The van der Waals surface area contributed by atoms with E-state index >= 15 is 0 Å². The van der Waals surface area contributed by atoms with Crippen LogP contribution in [0.25, 0.3) is 0 Å². The molecule has 1 aromatic rings. The first-order valence-electron chi connectivity index (χ1n) is 7.74. The molecule has 0 N–H and O–H groups in total. The third kappa shape index (κ3) is 4.13. The van der Waals surface area contributed by atoms with E-state index in [-0.39, 0.29) is 5.91 Å². The molecular formula is C17H25NO3. The highest BCUT2D eigenvalue weighted by molar-refractivity contribution is 5.76. The van der Waals surface area contributed by atoms with Gasteiger partial charge in [0, 0.05) is 25.1 Å². The van der Waals surface area contributed by atoms with E-state index in [0.717, 1.165) is 43.0 Å². The van der Waals surface area contributed by atoms with E-state index in [1.54, 1.807) is 14.2 Å². The second kappa shape index (κ2) is 7.91. The third-order valence-electron chi connectivity index (χ3n) is 4.08. The summed E-state index contributed by atoms with van der Waals surface area (Å²) in [4.78, 5) is 14.4. The molecule has 0 radical (unpaired) electrons. The average molecular weight is 291 g/mol. The first kappa shape index (κ1) is 15.7. The molecule has 0 atom stereocenters. The highest BCUT2D eigenvalue weighted by Crippen LogP contribution is 2.29. The minimum absolute atomic E-state index is 0.241. The highest BCUT2D eigenvalue weighted by atomic mass is 16.5. The van der Waals surface area contributed by atoms with Gasteiger partial charge in [0.2, 0.25) is 5.91 Å². The van der Waals surface area contributed by atoms with E-state index in [1.165, 1.54) is 12.8 Å². The molecule has 0 aliphatic carbocycles. The number of hydrogen-bond donors (Lipinski definition) is 0. The fraction of sp³-hybridized carbons (Fsp3) is 0.588. The quantitative estimate of drug-likeness (QED) is 0.837. The van der Waals surface area contributed by atoms with Crippen LogP contribution < -0.4 is 9.47 Å². The van der Waals surface area contributed by atoms with Crippen molar-refractivity contribution < 1.29 is 14.3 Å². The third-order valence-corrected chi connectivity index (χ3v) is 4.08. The van der Waals surface area contributed by atoms with E-state index in [1.807, 2.05) is 23.1 Å². The van der Waals surface area contributed by atoms with Gasteiger partial charge in [0.05, 0.1) is 14.2 Å². The Bertz CT molecular complexity index is 443. The number of benzene rings is 1. The first-order chi connectivity index (χ1) is 10.3. The van der Waals surface area contributed by atoms with Crippen LogP contribution in [0.15, 0.2) is 18.2 Å². The maximum atomic E-state index is 12.4. The van der Waals surface area contributed by atoms with Gasteiger partial charge in [-0.3, -0.25) is 4.79 Å². The summed E-state index contributed by atoms with van der Waals surface area (Å²) in [5.74, 6) is 1.82. The fourth-order valence-electron chi connectivity index (χ4n) is 2.88. The maximum Gasteiger partial charge on any atom is 0.222 e. The van der Waals surface area contributed by atoms with Crippen molar-refractivity contribution in [1.82, 2.24) is 4.90 Å². The van der Waals surface area contributed by atoms with Gasteiger partial charge < -0.3 is 14.4 Å². The largest absolute Gasteiger partial charge is 0.496 e. The van der Waals surface area contributed by atoms with Crippen LogP contribution in [-0.2, 0) is 11.2 Å². The standard InChI is InChI=1S/C17H25NO3/c1-20-15-8-7-9-16(21-2)14(15)10-11-17(19)18-12-5-3-4-6-13-18/h7-9H,3-6,10-13H2,1-2H3. The van der Waals surface area contributed by atoms with E-state index < -0.39 is 0 Å². The molecule has 0 aromatic heterocycles. The van der Waals surface area contributed by atoms with Crippen LogP contribution in [0.2, 0.25) is 0 Å². The van der Waals surface area contributed by atoms with Gasteiger partial charge in [-0.1, -0.05) is 18.9 Å². The minimum Gasteiger partial charge on any atom is -0.496 e. The van der Waals surface area contributed by atoms with Crippen molar-refractivity contribution in [3.8, 4) is 11.5 Å². The van der Waals surface area contributed by atoms with Gasteiger partial charge in [-0.05, 0) is 31.4 Å². The molecule has 1 saturated heterocycles. The Kier molecular flexibility index (Phi) is 5.90. The van der Waals surface area contributed by atoms with Crippen molar-refractivity contribution in [3.63, 3.8) is 0 Å². The Balaban J connectivity index is 2.00. The summed E-state index contributed by atoms with van der Waals surface area (Å²) < 4.78 is 10.8. The number of carbonyl (C=O) groups excluding carboxylic acids is 1. The van der Waals surface area contributed by atoms with Crippen LogP contribution in [0.5, 0.6) is 11.5 Å². The van der Waals surface area contributed by atoms with Crippen molar-refractivity contribution >= 4 is 5.91 Å². The molecular weight excluding hydrogens is 266 g/mol. The van der Waals surface area contributed by atoms with Crippen molar-refractivity contribution in [2.45, 2.75) is 38.5 Å². The Labute approximate surface area is 127 Å². The van der Waals surface area contributed by atoms with Gasteiger partial charge in [0.25, 0.3) is 0 Å². The topological polar surface area (TPSA) is 38.8 Å². The summed E-state index contributed by atoms with van der Waals surface area (Å²) in [7, 11) is 3.30. The van der Waals surface area contributed by atoms with Gasteiger partial charge in [-0.2, -0.15) is 0 Å². The Hall–Kier alpha value is -1.71. The molecule has 0 unspecified atom stereocenters. The molecule has 0 bridgehead atoms. The summed E-state index contributed by atoms with van der Waals surface area (Å²) in [5.41, 5.74) is 0.977. The van der Waals surface area contributed by atoms with Gasteiger partial charge in [0.15, 0.2) is 0 Å². The lowest BCUT2D eigenvalue weighted by Gasteiger charge is -2.21. The summed E-state index contributed by atoms with van der Waals surface area (Å²) in [6.07, 6.45) is 5.90. The van der Waals surface area contributed by atoms with E-state index in [0.29, 0.717) is 12.8 Å². The molecule has 2 rings (SSSR count). The number of amides is 1. The molecule has 1 aliphatic heterocycles. The predicted molar refractivity (Wildman–Crippen MR) is 82.9 cm³/mol. The molecule has 21 heavy (non-hydrogen) atoms. The summed E-state index contributed by atoms with van der Waals surface area (Å²) >= 11 is 0. The highest BCUT2D eigenvalue weighted by Gasteiger charge is 2.17. The number of likely N-dealkylation sites (tertiary alicyclic amines) is 1. The molecule has 0 saturated carbocycles.